The molecule has 0 saturated heterocycles. The lowest BCUT2D eigenvalue weighted by molar-refractivity contribution is 0.0970. The molecule has 0 aliphatic heterocycles. The predicted molar refractivity (Wildman–Crippen MR) is 136 cm³/mol. The van der Waals surface area contributed by atoms with E-state index in [9.17, 15) is 9.90 Å². The Hall–Kier alpha value is -1.82. The van der Waals surface area contributed by atoms with Crippen molar-refractivity contribution in [2.24, 2.45) is 4.02 Å². The van der Waals surface area contributed by atoms with E-state index in [4.69, 9.17) is 0 Å². The Labute approximate surface area is 201 Å². The maximum Gasteiger partial charge on any atom is 0.217 e. The molecule has 0 aliphatic rings. The second-order valence-electron chi connectivity index (χ2n) is 10.8. The minimum Gasteiger partial charge on any atom is -0.507 e. The normalized spacial score (nSPS) is 13.1. The van der Waals surface area contributed by atoms with E-state index >= 15 is 0 Å². The van der Waals surface area contributed by atoms with Gasteiger partial charge in [0.2, 0.25) is 5.62 Å². The van der Waals surface area contributed by atoms with Gasteiger partial charge in [-0.05, 0) is 29.4 Å². The summed E-state index contributed by atoms with van der Waals surface area (Å²) in [5.41, 5.74) is 2.41. The van der Waals surface area contributed by atoms with Crippen molar-refractivity contribution in [1.29, 1.82) is 0 Å². The van der Waals surface area contributed by atoms with E-state index in [0.29, 0.717) is 11.3 Å². The zero-order valence-electron chi connectivity index (χ0n) is 20.8. The lowest BCUT2D eigenvalue weighted by atomic mass is 9.78. The first-order chi connectivity index (χ1) is 14.9. The van der Waals surface area contributed by atoms with Crippen LogP contribution in [-0.4, -0.2) is 20.0 Å². The van der Waals surface area contributed by atoms with Crippen molar-refractivity contribution in [1.82, 2.24) is 9.13 Å². The van der Waals surface area contributed by atoms with Gasteiger partial charge in [0.1, 0.15) is 5.75 Å². The summed E-state index contributed by atoms with van der Waals surface area (Å²) in [6, 6.07) is 3.70. The highest BCUT2D eigenvalue weighted by Gasteiger charge is 2.27. The number of nitrogens with zero attached hydrogens (tertiary/aromatic N) is 3. The molecule has 0 amide bonds. The van der Waals surface area contributed by atoms with Crippen LogP contribution in [0.5, 0.6) is 5.75 Å². The van der Waals surface area contributed by atoms with Crippen molar-refractivity contribution >= 4 is 21.9 Å². The Morgan fingerprint density at radius 2 is 1.47 bits per heavy atom. The lowest BCUT2D eigenvalue weighted by Gasteiger charge is -2.28. The van der Waals surface area contributed by atoms with E-state index in [-0.39, 0.29) is 23.2 Å². The number of hydrogen-bond donors (Lipinski definition) is 1. The molecule has 0 saturated carbocycles. The van der Waals surface area contributed by atoms with Gasteiger partial charge in [-0.3, -0.25) is 4.79 Å². The molecule has 0 radical (unpaired) electrons. The highest BCUT2D eigenvalue weighted by molar-refractivity contribution is 9.08. The molecule has 5 nitrogen and oxygen atoms in total. The summed E-state index contributed by atoms with van der Waals surface area (Å²) in [7, 11) is 0. The van der Waals surface area contributed by atoms with E-state index in [1.807, 2.05) is 29.1 Å². The van der Waals surface area contributed by atoms with Crippen LogP contribution in [0.3, 0.4) is 0 Å². The largest absolute Gasteiger partial charge is 0.507 e. The smallest absolute Gasteiger partial charge is 0.217 e. The van der Waals surface area contributed by atoms with Gasteiger partial charge in [-0.15, -0.1) is 0 Å². The summed E-state index contributed by atoms with van der Waals surface area (Å²) in [5, 5.41) is 10.9. The molecule has 1 aromatic heterocycles. The minimum absolute atomic E-state index is 0.00379. The maximum absolute atomic E-state index is 13.3. The van der Waals surface area contributed by atoms with Crippen LogP contribution in [0.2, 0.25) is 0 Å². The number of carbonyl (C=O) groups is 1. The number of carbonyl (C=O) groups excluding carboxylic acids is 1. The van der Waals surface area contributed by atoms with Crippen molar-refractivity contribution in [2.45, 2.75) is 104 Å². The molecular formula is C26H40BrN3O2. The van der Waals surface area contributed by atoms with Crippen LogP contribution in [-0.2, 0) is 23.9 Å². The van der Waals surface area contributed by atoms with Crippen LogP contribution in [0.25, 0.3) is 0 Å². The van der Waals surface area contributed by atoms with Gasteiger partial charge in [-0.1, -0.05) is 74.1 Å². The monoisotopic (exact) mass is 505 g/mol. The third kappa shape index (κ3) is 6.60. The lowest BCUT2D eigenvalue weighted by Crippen LogP contribution is -2.28. The molecule has 2 rings (SSSR count). The molecule has 2 aromatic rings. The maximum atomic E-state index is 13.3. The van der Waals surface area contributed by atoms with Crippen molar-refractivity contribution in [3.8, 4) is 5.75 Å². The van der Waals surface area contributed by atoms with Crippen LogP contribution >= 0.6 is 16.1 Å². The van der Waals surface area contributed by atoms with E-state index in [0.717, 1.165) is 29.7 Å². The molecule has 0 unspecified atom stereocenters. The van der Waals surface area contributed by atoms with Crippen LogP contribution in [0.1, 0.15) is 102 Å². The summed E-state index contributed by atoms with van der Waals surface area (Å²) in [6.45, 7) is 15.6. The zero-order valence-corrected chi connectivity index (χ0v) is 22.4. The number of ketones is 1. The average Bonchev–Trinajstić information content (AvgIpc) is 3.07. The summed E-state index contributed by atoms with van der Waals surface area (Å²) in [5.74, 6) is 0.295. The van der Waals surface area contributed by atoms with Crippen molar-refractivity contribution < 1.29 is 9.90 Å². The molecular weight excluding hydrogens is 466 g/mol. The Balaban J connectivity index is 2.32. The van der Waals surface area contributed by atoms with E-state index in [2.05, 4.69) is 73.2 Å². The summed E-state index contributed by atoms with van der Waals surface area (Å²) < 4.78 is 8.23. The SMILES string of the molecule is CCCCCCCn1ccn(CC(=O)c2cc(C(C)(C)C)c(O)c(C(C)(C)C)c2)/c1=N\Br. The van der Waals surface area contributed by atoms with Gasteiger partial charge in [0.25, 0.3) is 0 Å². The molecule has 6 heteroatoms. The van der Waals surface area contributed by atoms with Gasteiger partial charge in [-0.2, -0.15) is 4.02 Å². The minimum atomic E-state index is -0.273. The van der Waals surface area contributed by atoms with Gasteiger partial charge in [-0.25, -0.2) is 0 Å². The third-order valence-electron chi connectivity index (χ3n) is 5.88. The number of aromatic nitrogens is 2. The number of unbranched alkanes of at least 4 members (excludes halogenated alkanes) is 4. The summed E-state index contributed by atoms with van der Waals surface area (Å²) >= 11 is 3.24. The Morgan fingerprint density at radius 3 is 1.97 bits per heavy atom. The van der Waals surface area contributed by atoms with Crippen LogP contribution in [0, 0.1) is 0 Å². The first-order valence-electron chi connectivity index (χ1n) is 11.7. The quantitative estimate of drug-likeness (QED) is 0.306. The van der Waals surface area contributed by atoms with Gasteiger partial charge >= 0.3 is 0 Å². The molecule has 0 atom stereocenters. The fourth-order valence-electron chi connectivity index (χ4n) is 3.92. The van der Waals surface area contributed by atoms with Crippen molar-refractivity contribution in [3.63, 3.8) is 0 Å². The van der Waals surface area contributed by atoms with E-state index < -0.39 is 0 Å². The van der Waals surface area contributed by atoms with Crippen molar-refractivity contribution in [2.75, 3.05) is 0 Å². The number of hydrogen-bond acceptors (Lipinski definition) is 3. The third-order valence-corrected chi connectivity index (χ3v) is 6.20. The first-order valence-corrected chi connectivity index (χ1v) is 12.4. The average molecular weight is 507 g/mol. The zero-order chi connectivity index (χ0) is 24.1. The number of Topliss-reactive ketones (excluding diaryl/α,β-unsaturated/α-hetero) is 1. The van der Waals surface area contributed by atoms with Crippen LogP contribution in [0.15, 0.2) is 28.5 Å². The molecule has 1 aromatic carbocycles. The molecule has 32 heavy (non-hydrogen) atoms. The van der Waals surface area contributed by atoms with Gasteiger partial charge in [0, 0.05) is 35.6 Å². The number of benzene rings is 1. The van der Waals surface area contributed by atoms with Gasteiger partial charge < -0.3 is 14.2 Å². The highest BCUT2D eigenvalue weighted by atomic mass is 79.9. The summed E-state index contributed by atoms with van der Waals surface area (Å²) in [6.07, 6.45) is 9.97. The molecule has 0 bridgehead atoms. The molecule has 1 heterocycles. The van der Waals surface area contributed by atoms with Crippen LogP contribution < -0.4 is 5.62 Å². The van der Waals surface area contributed by atoms with Gasteiger partial charge in [0.15, 0.2) is 5.78 Å². The second-order valence-corrected chi connectivity index (χ2v) is 11.1. The number of halogens is 1. The van der Waals surface area contributed by atoms with E-state index in [1.165, 1.54) is 25.7 Å². The Kier molecular flexibility index (Phi) is 8.98. The topological polar surface area (TPSA) is 59.5 Å². The van der Waals surface area contributed by atoms with Crippen LogP contribution in [0.4, 0.5) is 0 Å². The fraction of sp³-hybridized carbons (Fsp3) is 0.615. The standard InChI is InChI=1S/C26H40BrN3O2/c1-8-9-10-11-12-13-29-14-15-30(24(29)28-27)18-22(31)19-16-20(25(2,3)4)23(32)21(17-19)26(5,6)7/h14-17,32H,8-13,18H2,1-7H3/b28-24-. The van der Waals surface area contributed by atoms with Crippen molar-refractivity contribution in [3.05, 3.63) is 46.8 Å². The molecule has 178 valence electrons. The summed E-state index contributed by atoms with van der Waals surface area (Å²) in [4.78, 5) is 13.3. The Bertz CT molecular complexity index is 953. The molecule has 0 fully saturated rings. The Morgan fingerprint density at radius 1 is 0.938 bits per heavy atom. The molecule has 1 N–H and O–H groups in total. The number of imidazole rings is 1. The fourth-order valence-corrected chi connectivity index (χ4v) is 4.33. The number of rotatable bonds is 9. The number of aryl methyl sites for hydroxylation is 1. The second kappa shape index (κ2) is 10.9. The molecule has 0 spiro atoms. The van der Waals surface area contributed by atoms with Gasteiger partial charge in [0.05, 0.1) is 22.7 Å². The number of aromatic hydroxyl groups is 1. The number of phenolic OH excluding ortho intramolecular Hbond substituents is 1. The predicted octanol–water partition coefficient (Wildman–Crippen LogP) is 6.65. The molecule has 0 aliphatic carbocycles. The highest BCUT2D eigenvalue weighted by Crippen LogP contribution is 2.39. The van der Waals surface area contributed by atoms with E-state index in [1.54, 1.807) is 0 Å². The first kappa shape index (κ1) is 26.4. The number of phenols is 1.